The number of fused-ring (bicyclic) bond motifs is 1. The minimum atomic E-state index is -0.0982. The lowest BCUT2D eigenvalue weighted by molar-refractivity contribution is -0.0978. The van der Waals surface area contributed by atoms with Gasteiger partial charge in [-0.15, -0.1) is 0 Å². The van der Waals surface area contributed by atoms with Gasteiger partial charge in [0, 0.05) is 39.8 Å². The molecule has 4 rings (SSSR count). The molecule has 5 nitrogen and oxygen atoms in total. The van der Waals surface area contributed by atoms with Crippen molar-refractivity contribution in [1.29, 1.82) is 0 Å². The molecule has 1 saturated heterocycles. The van der Waals surface area contributed by atoms with E-state index in [1.807, 2.05) is 36.4 Å². The molecular formula is C20H18BrN3O2. The number of pyridine rings is 2. The lowest BCUT2D eigenvalue weighted by Gasteiger charge is -2.38. The summed E-state index contributed by atoms with van der Waals surface area (Å²) in [6.07, 6.45) is 3.44. The number of ether oxygens (including phenoxy) is 1. The first-order valence-corrected chi connectivity index (χ1v) is 9.20. The Kier molecular flexibility index (Phi) is 4.46. The first-order valence-electron chi connectivity index (χ1n) is 8.41. The Bertz CT molecular complexity index is 971. The van der Waals surface area contributed by atoms with Crippen molar-refractivity contribution >= 4 is 32.7 Å². The zero-order valence-corrected chi connectivity index (χ0v) is 15.9. The third-order valence-electron chi connectivity index (χ3n) is 4.57. The number of nitrogens with zero attached hydrogens (tertiary/aromatic N) is 2. The predicted molar refractivity (Wildman–Crippen MR) is 104 cm³/mol. The average Bonchev–Trinajstić information content (AvgIpc) is 2.64. The number of carbonyl (C=O) groups excluding carboxylic acids is 1. The highest BCUT2D eigenvalue weighted by atomic mass is 79.9. The van der Waals surface area contributed by atoms with Gasteiger partial charge in [0.25, 0.3) is 5.91 Å². The van der Waals surface area contributed by atoms with Crippen LogP contribution in [0.5, 0.6) is 0 Å². The molecule has 0 unspecified atom stereocenters. The van der Waals surface area contributed by atoms with Gasteiger partial charge in [-0.05, 0) is 36.4 Å². The lowest BCUT2D eigenvalue weighted by atomic mass is 9.88. The van der Waals surface area contributed by atoms with E-state index in [-0.39, 0.29) is 11.3 Å². The summed E-state index contributed by atoms with van der Waals surface area (Å²) < 4.78 is 6.18. The molecule has 3 aromatic rings. The first-order chi connectivity index (χ1) is 12.5. The number of halogens is 1. The second-order valence-electron chi connectivity index (χ2n) is 6.94. The minimum Gasteiger partial charge on any atom is -0.380 e. The number of carbonyl (C=O) groups is 1. The molecule has 3 heterocycles. The van der Waals surface area contributed by atoms with Gasteiger partial charge in [0.15, 0.2) is 0 Å². The molecule has 1 amide bonds. The van der Waals surface area contributed by atoms with Crippen LogP contribution in [0, 0.1) is 5.41 Å². The van der Waals surface area contributed by atoms with Gasteiger partial charge in [-0.2, -0.15) is 0 Å². The van der Waals surface area contributed by atoms with E-state index < -0.39 is 0 Å². The Hall–Kier alpha value is -2.31. The molecule has 1 aliphatic heterocycles. The second kappa shape index (κ2) is 6.78. The molecule has 0 bridgehead atoms. The highest BCUT2D eigenvalue weighted by Crippen LogP contribution is 2.28. The number of rotatable bonds is 4. The van der Waals surface area contributed by atoms with E-state index in [2.05, 4.69) is 33.2 Å². The number of amides is 1. The quantitative estimate of drug-likeness (QED) is 0.708. The monoisotopic (exact) mass is 411 g/mol. The van der Waals surface area contributed by atoms with Crippen LogP contribution in [0.25, 0.3) is 22.2 Å². The summed E-state index contributed by atoms with van der Waals surface area (Å²) in [6.45, 7) is 4.06. The van der Waals surface area contributed by atoms with Crippen LogP contribution in [0.3, 0.4) is 0 Å². The molecule has 0 spiro atoms. The molecule has 1 aromatic carbocycles. The first kappa shape index (κ1) is 17.1. The van der Waals surface area contributed by atoms with Crippen LogP contribution >= 0.6 is 15.9 Å². The molecule has 0 radical (unpaired) electrons. The summed E-state index contributed by atoms with van der Waals surface area (Å²) in [7, 11) is 0. The fourth-order valence-electron chi connectivity index (χ4n) is 3.00. The number of aromatic nitrogens is 2. The molecule has 1 fully saturated rings. The van der Waals surface area contributed by atoms with E-state index in [1.165, 1.54) is 0 Å². The molecule has 26 heavy (non-hydrogen) atoms. The standard InChI is InChI=1S/C20H18BrN3O2/c1-20(11-26-12-20)10-23-19(25)16-9-18(13-4-6-22-7-5-13)24-17-3-2-14(21)8-15(16)17/h2-9H,10-12H2,1H3,(H,23,25). The highest BCUT2D eigenvalue weighted by Gasteiger charge is 2.33. The summed E-state index contributed by atoms with van der Waals surface area (Å²) in [5.74, 6) is -0.0982. The Balaban J connectivity index is 1.75. The molecule has 6 heteroatoms. The van der Waals surface area contributed by atoms with E-state index in [1.54, 1.807) is 12.4 Å². The minimum absolute atomic E-state index is 0.0208. The van der Waals surface area contributed by atoms with Gasteiger partial charge in [0.2, 0.25) is 0 Å². The van der Waals surface area contributed by atoms with Gasteiger partial charge in [0.05, 0.1) is 30.0 Å². The second-order valence-corrected chi connectivity index (χ2v) is 7.85. The molecule has 0 aliphatic carbocycles. The summed E-state index contributed by atoms with van der Waals surface area (Å²) in [4.78, 5) is 21.7. The van der Waals surface area contributed by atoms with Gasteiger partial charge in [-0.3, -0.25) is 9.78 Å². The van der Waals surface area contributed by atoms with Crippen molar-refractivity contribution in [3.8, 4) is 11.3 Å². The number of hydrogen-bond donors (Lipinski definition) is 1. The molecule has 1 aliphatic rings. The van der Waals surface area contributed by atoms with E-state index >= 15 is 0 Å². The molecule has 1 N–H and O–H groups in total. The third kappa shape index (κ3) is 3.34. The fraction of sp³-hybridized carbons (Fsp3) is 0.250. The smallest absolute Gasteiger partial charge is 0.252 e. The lowest BCUT2D eigenvalue weighted by Crippen LogP contribution is -2.48. The third-order valence-corrected chi connectivity index (χ3v) is 5.06. The van der Waals surface area contributed by atoms with Crippen molar-refractivity contribution in [2.24, 2.45) is 5.41 Å². The van der Waals surface area contributed by atoms with E-state index in [9.17, 15) is 4.79 Å². The maximum atomic E-state index is 12.9. The van der Waals surface area contributed by atoms with Crippen LogP contribution in [0.15, 0.2) is 53.3 Å². The average molecular weight is 412 g/mol. The normalized spacial score (nSPS) is 15.5. The Morgan fingerprint density at radius 1 is 1.23 bits per heavy atom. The number of hydrogen-bond acceptors (Lipinski definition) is 4. The van der Waals surface area contributed by atoms with Gasteiger partial charge in [0.1, 0.15) is 0 Å². The van der Waals surface area contributed by atoms with Crippen LogP contribution < -0.4 is 5.32 Å². The maximum Gasteiger partial charge on any atom is 0.252 e. The van der Waals surface area contributed by atoms with Crippen LogP contribution in [0.1, 0.15) is 17.3 Å². The van der Waals surface area contributed by atoms with Crippen molar-refractivity contribution in [1.82, 2.24) is 15.3 Å². The largest absolute Gasteiger partial charge is 0.380 e. The number of nitrogens with one attached hydrogen (secondary N) is 1. The van der Waals surface area contributed by atoms with Gasteiger partial charge in [-0.25, -0.2) is 4.98 Å². The van der Waals surface area contributed by atoms with E-state index in [0.717, 1.165) is 26.6 Å². The molecular weight excluding hydrogens is 394 g/mol. The Labute approximate surface area is 159 Å². The summed E-state index contributed by atoms with van der Waals surface area (Å²) in [5.41, 5.74) is 3.11. The van der Waals surface area contributed by atoms with Crippen molar-refractivity contribution in [2.45, 2.75) is 6.92 Å². The topological polar surface area (TPSA) is 64.1 Å². The summed E-state index contributed by atoms with van der Waals surface area (Å²) in [6, 6.07) is 11.4. The summed E-state index contributed by atoms with van der Waals surface area (Å²) in [5, 5.41) is 3.88. The molecule has 0 atom stereocenters. The van der Waals surface area contributed by atoms with Crippen LogP contribution in [-0.2, 0) is 4.74 Å². The predicted octanol–water partition coefficient (Wildman–Crippen LogP) is 3.83. The highest BCUT2D eigenvalue weighted by molar-refractivity contribution is 9.10. The van der Waals surface area contributed by atoms with Crippen LogP contribution in [0.4, 0.5) is 0 Å². The van der Waals surface area contributed by atoms with Gasteiger partial charge in [-0.1, -0.05) is 22.9 Å². The fourth-order valence-corrected chi connectivity index (χ4v) is 3.36. The van der Waals surface area contributed by atoms with Crippen molar-refractivity contribution < 1.29 is 9.53 Å². The van der Waals surface area contributed by atoms with Crippen LogP contribution in [-0.4, -0.2) is 35.6 Å². The van der Waals surface area contributed by atoms with Crippen molar-refractivity contribution in [2.75, 3.05) is 19.8 Å². The van der Waals surface area contributed by atoms with Crippen LogP contribution in [0.2, 0.25) is 0 Å². The maximum absolute atomic E-state index is 12.9. The van der Waals surface area contributed by atoms with Crippen molar-refractivity contribution in [3.63, 3.8) is 0 Å². The zero-order chi connectivity index (χ0) is 18.1. The Morgan fingerprint density at radius 2 is 2.00 bits per heavy atom. The molecule has 0 saturated carbocycles. The summed E-state index contributed by atoms with van der Waals surface area (Å²) >= 11 is 3.49. The van der Waals surface area contributed by atoms with E-state index in [4.69, 9.17) is 9.72 Å². The van der Waals surface area contributed by atoms with Gasteiger partial charge < -0.3 is 10.1 Å². The molecule has 2 aromatic heterocycles. The van der Waals surface area contributed by atoms with Gasteiger partial charge >= 0.3 is 0 Å². The molecule has 132 valence electrons. The Morgan fingerprint density at radius 3 is 2.69 bits per heavy atom. The zero-order valence-electron chi connectivity index (χ0n) is 14.3. The van der Waals surface area contributed by atoms with Crippen molar-refractivity contribution in [3.05, 3.63) is 58.8 Å². The SMILES string of the molecule is CC1(CNC(=O)c2cc(-c3ccncc3)nc3ccc(Br)cc23)COC1. The number of benzene rings is 1. The van der Waals surface area contributed by atoms with E-state index in [0.29, 0.717) is 25.3 Å².